The molecular formula is C19H27NO5. The number of amides is 1. The van der Waals surface area contributed by atoms with Gasteiger partial charge in [-0.1, -0.05) is 18.2 Å². The van der Waals surface area contributed by atoms with Crippen LogP contribution in [0.5, 0.6) is 5.75 Å². The first-order valence-corrected chi connectivity index (χ1v) is 8.56. The van der Waals surface area contributed by atoms with Crippen LogP contribution in [0.1, 0.15) is 39.2 Å². The predicted molar refractivity (Wildman–Crippen MR) is 93.5 cm³/mol. The van der Waals surface area contributed by atoms with Crippen molar-refractivity contribution >= 4 is 12.1 Å². The lowest BCUT2D eigenvalue weighted by Gasteiger charge is -2.23. The zero-order chi connectivity index (χ0) is 18.4. The molecule has 1 aromatic carbocycles. The summed E-state index contributed by atoms with van der Waals surface area (Å²) in [6.07, 6.45) is 2.02. The van der Waals surface area contributed by atoms with Gasteiger partial charge in [-0.05, 0) is 51.2 Å². The molecule has 1 unspecified atom stereocenters. The summed E-state index contributed by atoms with van der Waals surface area (Å²) >= 11 is 0. The fourth-order valence-electron chi connectivity index (χ4n) is 2.31. The second-order valence-corrected chi connectivity index (χ2v) is 7.29. The second kappa shape index (κ2) is 8.23. The van der Waals surface area contributed by atoms with Gasteiger partial charge in [0.1, 0.15) is 17.4 Å². The molecule has 0 heterocycles. The van der Waals surface area contributed by atoms with Crippen LogP contribution in [0, 0.1) is 5.92 Å². The number of rotatable bonds is 7. The Hall–Kier alpha value is -2.24. The van der Waals surface area contributed by atoms with Crippen molar-refractivity contribution in [3.63, 3.8) is 0 Å². The predicted octanol–water partition coefficient (Wildman–Crippen LogP) is 3.08. The number of benzene rings is 1. The van der Waals surface area contributed by atoms with E-state index in [0.717, 1.165) is 11.3 Å². The van der Waals surface area contributed by atoms with Crippen molar-refractivity contribution in [3.8, 4) is 5.75 Å². The number of alkyl carbamates (subject to hydrolysis) is 1. The highest BCUT2D eigenvalue weighted by atomic mass is 16.6. The summed E-state index contributed by atoms with van der Waals surface area (Å²) in [7, 11) is 1.29. The van der Waals surface area contributed by atoms with Gasteiger partial charge in [-0.25, -0.2) is 9.59 Å². The van der Waals surface area contributed by atoms with Gasteiger partial charge in [0.05, 0.1) is 13.7 Å². The lowest BCUT2D eigenvalue weighted by molar-refractivity contribution is -0.143. The van der Waals surface area contributed by atoms with Crippen molar-refractivity contribution in [2.45, 2.75) is 51.7 Å². The van der Waals surface area contributed by atoms with Crippen molar-refractivity contribution in [2.24, 2.45) is 5.92 Å². The van der Waals surface area contributed by atoms with E-state index >= 15 is 0 Å². The van der Waals surface area contributed by atoms with Crippen molar-refractivity contribution < 1.29 is 23.8 Å². The first kappa shape index (κ1) is 19.1. The van der Waals surface area contributed by atoms with Gasteiger partial charge in [0.15, 0.2) is 0 Å². The van der Waals surface area contributed by atoms with E-state index in [2.05, 4.69) is 5.32 Å². The fraction of sp³-hybridized carbons (Fsp3) is 0.579. The van der Waals surface area contributed by atoms with Crippen molar-refractivity contribution in [1.29, 1.82) is 0 Å². The highest BCUT2D eigenvalue weighted by molar-refractivity contribution is 5.81. The lowest BCUT2D eigenvalue weighted by atomic mass is 10.0. The average molecular weight is 349 g/mol. The highest BCUT2D eigenvalue weighted by Crippen LogP contribution is 2.30. The number of carbonyl (C=O) groups is 2. The van der Waals surface area contributed by atoms with Crippen LogP contribution in [-0.4, -0.2) is 37.4 Å². The third-order valence-corrected chi connectivity index (χ3v) is 3.74. The zero-order valence-electron chi connectivity index (χ0n) is 15.3. The number of methoxy groups -OCH3 is 1. The SMILES string of the molecule is COC(=O)C(Cc1ccccc1OCC1CC1)NC(=O)OC(C)(C)C. The summed E-state index contributed by atoms with van der Waals surface area (Å²) in [6.45, 7) is 5.97. The Labute approximate surface area is 148 Å². The van der Waals surface area contributed by atoms with E-state index in [1.165, 1.54) is 20.0 Å². The Kier molecular flexibility index (Phi) is 6.28. The van der Waals surface area contributed by atoms with Gasteiger partial charge < -0.3 is 19.5 Å². The summed E-state index contributed by atoms with van der Waals surface area (Å²) in [6, 6.07) is 6.68. The summed E-state index contributed by atoms with van der Waals surface area (Å²) in [4.78, 5) is 24.1. The molecule has 1 aliphatic carbocycles. The van der Waals surface area contributed by atoms with Gasteiger partial charge in [0.2, 0.25) is 0 Å². The summed E-state index contributed by atoms with van der Waals surface area (Å²) < 4.78 is 15.9. The Morgan fingerprint density at radius 1 is 1.24 bits per heavy atom. The maximum absolute atomic E-state index is 12.1. The Balaban J connectivity index is 2.05. The third kappa shape index (κ3) is 6.64. The molecule has 1 aromatic rings. The topological polar surface area (TPSA) is 73.9 Å². The minimum Gasteiger partial charge on any atom is -0.493 e. The first-order chi connectivity index (χ1) is 11.8. The summed E-state index contributed by atoms with van der Waals surface area (Å²) in [5, 5.41) is 2.59. The molecule has 1 atom stereocenters. The molecule has 1 aliphatic rings. The quantitative estimate of drug-likeness (QED) is 0.766. The van der Waals surface area contributed by atoms with Crippen LogP contribution in [0.3, 0.4) is 0 Å². The molecule has 6 heteroatoms. The van der Waals surface area contributed by atoms with Gasteiger partial charge in [0.25, 0.3) is 0 Å². The number of hydrogen-bond acceptors (Lipinski definition) is 5. The standard InChI is InChI=1S/C19H27NO5/c1-19(2,3)25-18(22)20-15(17(21)23-4)11-14-7-5-6-8-16(14)24-12-13-9-10-13/h5-8,13,15H,9-12H2,1-4H3,(H,20,22). The molecule has 1 N–H and O–H groups in total. The number of hydrogen-bond donors (Lipinski definition) is 1. The molecule has 0 aromatic heterocycles. The van der Waals surface area contributed by atoms with Gasteiger partial charge >= 0.3 is 12.1 Å². The summed E-state index contributed by atoms with van der Waals surface area (Å²) in [5.41, 5.74) is 0.199. The number of nitrogens with one attached hydrogen (secondary N) is 1. The number of carbonyl (C=O) groups excluding carboxylic acids is 2. The van der Waals surface area contributed by atoms with Crippen LogP contribution in [0.25, 0.3) is 0 Å². The van der Waals surface area contributed by atoms with E-state index in [-0.39, 0.29) is 6.42 Å². The van der Waals surface area contributed by atoms with Crippen LogP contribution in [0.4, 0.5) is 4.79 Å². The largest absolute Gasteiger partial charge is 0.493 e. The maximum atomic E-state index is 12.1. The lowest BCUT2D eigenvalue weighted by Crippen LogP contribution is -2.45. The monoisotopic (exact) mass is 349 g/mol. The molecule has 0 spiro atoms. The average Bonchev–Trinajstić information content (AvgIpc) is 3.35. The van der Waals surface area contributed by atoms with Crippen LogP contribution >= 0.6 is 0 Å². The molecule has 2 rings (SSSR count). The maximum Gasteiger partial charge on any atom is 0.408 e. The Morgan fingerprint density at radius 2 is 1.92 bits per heavy atom. The molecule has 0 bridgehead atoms. The molecule has 1 fully saturated rings. The molecule has 0 aliphatic heterocycles. The van der Waals surface area contributed by atoms with E-state index in [9.17, 15) is 9.59 Å². The number of esters is 1. The van der Waals surface area contributed by atoms with E-state index < -0.39 is 23.7 Å². The van der Waals surface area contributed by atoms with Crippen molar-refractivity contribution in [1.82, 2.24) is 5.32 Å². The van der Waals surface area contributed by atoms with Crippen molar-refractivity contribution in [3.05, 3.63) is 29.8 Å². The van der Waals surface area contributed by atoms with Crippen molar-refractivity contribution in [2.75, 3.05) is 13.7 Å². The Morgan fingerprint density at radius 3 is 2.52 bits per heavy atom. The molecule has 6 nitrogen and oxygen atoms in total. The van der Waals surface area contributed by atoms with E-state index in [4.69, 9.17) is 14.2 Å². The number of ether oxygens (including phenoxy) is 3. The smallest absolute Gasteiger partial charge is 0.408 e. The molecule has 138 valence electrons. The first-order valence-electron chi connectivity index (χ1n) is 8.56. The second-order valence-electron chi connectivity index (χ2n) is 7.29. The molecular weight excluding hydrogens is 322 g/mol. The summed E-state index contributed by atoms with van der Waals surface area (Å²) in [5.74, 6) is 0.835. The van der Waals surface area contributed by atoms with Gasteiger partial charge in [-0.2, -0.15) is 0 Å². The minimum absolute atomic E-state index is 0.271. The normalized spacial score (nSPS) is 15.2. The number of para-hydroxylation sites is 1. The van der Waals surface area contributed by atoms with E-state index in [1.54, 1.807) is 20.8 Å². The molecule has 0 saturated heterocycles. The molecule has 25 heavy (non-hydrogen) atoms. The van der Waals surface area contributed by atoms with Crippen LogP contribution < -0.4 is 10.1 Å². The van der Waals surface area contributed by atoms with Crippen LogP contribution in [-0.2, 0) is 20.7 Å². The molecule has 1 saturated carbocycles. The molecule has 1 amide bonds. The van der Waals surface area contributed by atoms with E-state index in [1.807, 2.05) is 24.3 Å². The van der Waals surface area contributed by atoms with Gasteiger partial charge in [0, 0.05) is 6.42 Å². The minimum atomic E-state index is -0.842. The van der Waals surface area contributed by atoms with Crippen LogP contribution in [0.15, 0.2) is 24.3 Å². The fourth-order valence-corrected chi connectivity index (χ4v) is 2.31. The van der Waals surface area contributed by atoms with E-state index in [0.29, 0.717) is 12.5 Å². The Bertz CT molecular complexity index is 604. The van der Waals surface area contributed by atoms with Gasteiger partial charge in [-0.3, -0.25) is 0 Å². The third-order valence-electron chi connectivity index (χ3n) is 3.74. The van der Waals surface area contributed by atoms with Gasteiger partial charge in [-0.15, -0.1) is 0 Å². The molecule has 0 radical (unpaired) electrons. The van der Waals surface area contributed by atoms with Crippen LogP contribution in [0.2, 0.25) is 0 Å². The zero-order valence-corrected chi connectivity index (χ0v) is 15.3. The highest BCUT2D eigenvalue weighted by Gasteiger charge is 2.27.